The summed E-state index contributed by atoms with van der Waals surface area (Å²) in [5.41, 5.74) is 4.85. The minimum atomic E-state index is -0.879. The number of aliphatic imine (C=N–C) groups is 1. The number of nitrogens with one attached hydrogen (secondary N) is 2. The molecule has 3 rings (SSSR count). The lowest BCUT2D eigenvalue weighted by atomic mass is 10.1. The number of H-pyrrole nitrogens is 2. The quantitative estimate of drug-likeness (QED) is 0.343. The first kappa shape index (κ1) is 19.0. The molecule has 0 amide bonds. The molecule has 1 aliphatic heterocycles. The van der Waals surface area contributed by atoms with Gasteiger partial charge in [-0.15, -0.1) is 17.0 Å². The lowest BCUT2D eigenvalue weighted by Gasteiger charge is -2.27. The number of halogens is 2. The number of nitro groups is 1. The Kier molecular flexibility index (Phi) is 5.55. The van der Waals surface area contributed by atoms with E-state index in [9.17, 15) is 19.7 Å². The van der Waals surface area contributed by atoms with E-state index in [4.69, 9.17) is 5.73 Å². The van der Waals surface area contributed by atoms with Crippen molar-refractivity contribution < 1.29 is 4.92 Å². The molecule has 1 atom stereocenters. The molecule has 1 aromatic carbocycles. The summed E-state index contributed by atoms with van der Waals surface area (Å²) in [4.78, 5) is 44.1. The maximum atomic E-state index is 11.6. The molecule has 1 unspecified atom stereocenters. The second kappa shape index (κ2) is 7.29. The van der Waals surface area contributed by atoms with Gasteiger partial charge in [0.2, 0.25) is 0 Å². The fourth-order valence-electron chi connectivity index (χ4n) is 2.35. The number of benzene rings is 1. The summed E-state index contributed by atoms with van der Waals surface area (Å²) in [6.07, 6.45) is 2.56. The third kappa shape index (κ3) is 3.86. The highest BCUT2D eigenvalue weighted by Crippen LogP contribution is 2.24. The molecule has 0 bridgehead atoms. The average Bonchev–Trinajstić information content (AvgIpc) is 2.52. The van der Waals surface area contributed by atoms with Crippen LogP contribution in [0.3, 0.4) is 0 Å². The number of hydrogen-bond donors (Lipinski definition) is 3. The number of hydrogen-bond acceptors (Lipinski definition) is 7. The number of nitro benzene ring substituents is 1. The summed E-state index contributed by atoms with van der Waals surface area (Å²) in [6, 6.07) is 2.51. The second-order valence-corrected chi connectivity index (χ2v) is 5.99. The molecule has 132 valence electrons. The largest absolute Gasteiger partial charge is 0.339 e. The minimum absolute atomic E-state index is 0. The smallest absolute Gasteiger partial charge is 0.314 e. The maximum absolute atomic E-state index is 11.6. The van der Waals surface area contributed by atoms with E-state index >= 15 is 0 Å². The van der Waals surface area contributed by atoms with Crippen LogP contribution in [0.5, 0.6) is 0 Å². The SMILES string of the molecule is Br.NC1N=CC(Br)=CN1Cc1cc([N+](=O)[O-])cc2[nH]c(=O)c(=O)[nH]c12. The van der Waals surface area contributed by atoms with Crippen LogP contribution in [-0.4, -0.2) is 32.3 Å². The molecule has 1 aliphatic rings. The fourth-order valence-corrected chi connectivity index (χ4v) is 2.73. The number of rotatable bonds is 3. The summed E-state index contributed by atoms with van der Waals surface area (Å²) >= 11 is 3.28. The van der Waals surface area contributed by atoms with Crippen molar-refractivity contribution in [3.05, 3.63) is 59.2 Å². The van der Waals surface area contributed by atoms with Gasteiger partial charge in [0.05, 0.1) is 20.4 Å². The van der Waals surface area contributed by atoms with E-state index in [1.165, 1.54) is 12.1 Å². The molecule has 4 N–H and O–H groups in total. The van der Waals surface area contributed by atoms with Gasteiger partial charge in [-0.25, -0.2) is 0 Å². The number of allylic oxidation sites excluding steroid dienone is 1. The van der Waals surface area contributed by atoms with E-state index < -0.39 is 22.3 Å². The number of fused-ring (bicyclic) bond motifs is 1. The van der Waals surface area contributed by atoms with E-state index in [1.807, 2.05) is 0 Å². The molecule has 2 aromatic rings. The van der Waals surface area contributed by atoms with Gasteiger partial charge in [0, 0.05) is 36.7 Å². The predicted octanol–water partition coefficient (Wildman–Crippen LogP) is 1.07. The Balaban J connectivity index is 0.00000225. The Morgan fingerprint density at radius 2 is 2.00 bits per heavy atom. The van der Waals surface area contributed by atoms with E-state index in [0.29, 0.717) is 15.6 Å². The number of nitrogens with zero attached hydrogens (tertiary/aromatic N) is 3. The first-order valence-corrected chi connectivity index (χ1v) is 7.50. The van der Waals surface area contributed by atoms with Gasteiger partial charge in [-0.1, -0.05) is 0 Å². The summed E-state index contributed by atoms with van der Waals surface area (Å²) in [7, 11) is 0. The zero-order valence-corrected chi connectivity index (χ0v) is 15.7. The molecule has 0 saturated carbocycles. The van der Waals surface area contributed by atoms with Gasteiger partial charge in [-0.3, -0.25) is 30.4 Å². The monoisotopic (exact) mass is 474 g/mol. The van der Waals surface area contributed by atoms with E-state index in [1.54, 1.807) is 17.3 Å². The van der Waals surface area contributed by atoms with E-state index in [2.05, 4.69) is 30.9 Å². The van der Waals surface area contributed by atoms with Crippen LogP contribution in [0, 0.1) is 10.1 Å². The lowest BCUT2D eigenvalue weighted by Crippen LogP contribution is -2.38. The van der Waals surface area contributed by atoms with Gasteiger partial charge in [0.1, 0.15) is 0 Å². The minimum Gasteiger partial charge on any atom is -0.339 e. The second-order valence-electron chi connectivity index (χ2n) is 5.07. The number of aromatic amines is 2. The lowest BCUT2D eigenvalue weighted by molar-refractivity contribution is -0.384. The summed E-state index contributed by atoms with van der Waals surface area (Å²) in [6.45, 7) is 0.147. The van der Waals surface area contributed by atoms with Crippen molar-refractivity contribution in [1.82, 2.24) is 14.9 Å². The normalized spacial score (nSPS) is 16.5. The molecule has 10 nitrogen and oxygen atoms in total. The first-order chi connectivity index (χ1) is 11.3. The van der Waals surface area contributed by atoms with E-state index in [0.717, 1.165) is 0 Å². The van der Waals surface area contributed by atoms with Crippen LogP contribution in [0.4, 0.5) is 5.69 Å². The van der Waals surface area contributed by atoms with Crippen LogP contribution in [0.1, 0.15) is 5.56 Å². The number of non-ortho nitro benzene ring substituents is 1. The van der Waals surface area contributed by atoms with Crippen molar-refractivity contribution in [3.8, 4) is 0 Å². The van der Waals surface area contributed by atoms with Gasteiger partial charge in [0.15, 0.2) is 6.29 Å². The van der Waals surface area contributed by atoms with Crippen molar-refractivity contribution in [2.75, 3.05) is 0 Å². The molecule has 0 fully saturated rings. The summed E-state index contributed by atoms with van der Waals surface area (Å²) in [5, 5.41) is 11.1. The Hall–Kier alpha value is -2.31. The van der Waals surface area contributed by atoms with Gasteiger partial charge < -0.3 is 14.9 Å². The third-order valence-corrected chi connectivity index (χ3v) is 3.85. The van der Waals surface area contributed by atoms with Crippen LogP contribution in [-0.2, 0) is 6.54 Å². The molecule has 2 heterocycles. The Morgan fingerprint density at radius 1 is 1.32 bits per heavy atom. The van der Waals surface area contributed by atoms with Crippen molar-refractivity contribution in [2.45, 2.75) is 12.8 Å². The zero-order valence-electron chi connectivity index (χ0n) is 12.4. The fraction of sp³-hybridized carbons (Fsp3) is 0.154. The molecule has 0 spiro atoms. The molecular formula is C13H12Br2N6O4. The Morgan fingerprint density at radius 3 is 2.68 bits per heavy atom. The molecule has 12 heteroatoms. The molecule has 25 heavy (non-hydrogen) atoms. The molecule has 0 saturated heterocycles. The van der Waals surface area contributed by atoms with Crippen LogP contribution >= 0.6 is 32.9 Å². The van der Waals surface area contributed by atoms with Crippen molar-refractivity contribution >= 4 is 55.8 Å². The van der Waals surface area contributed by atoms with E-state index in [-0.39, 0.29) is 34.7 Å². The van der Waals surface area contributed by atoms with Gasteiger partial charge in [-0.05, 0) is 15.9 Å². The van der Waals surface area contributed by atoms with Crippen LogP contribution < -0.4 is 16.9 Å². The summed E-state index contributed by atoms with van der Waals surface area (Å²) in [5.74, 6) is 0. The van der Waals surface area contributed by atoms with Gasteiger partial charge in [-0.2, -0.15) is 0 Å². The van der Waals surface area contributed by atoms with Crippen molar-refractivity contribution in [2.24, 2.45) is 10.7 Å². The Labute approximate surface area is 158 Å². The number of nitrogens with two attached hydrogens (primary N) is 1. The molecule has 0 aliphatic carbocycles. The average molecular weight is 476 g/mol. The number of aromatic nitrogens is 2. The van der Waals surface area contributed by atoms with Crippen LogP contribution in [0.25, 0.3) is 11.0 Å². The summed E-state index contributed by atoms with van der Waals surface area (Å²) < 4.78 is 0.681. The molecular weight excluding hydrogens is 464 g/mol. The molecule has 0 radical (unpaired) electrons. The standard InChI is InChI=1S/C13H11BrN6O4.BrH/c14-7-3-16-13(15)19(5-7)4-6-1-8(20(23)24)2-9-10(6)18-12(22)11(21)17-9;/h1-3,5,13H,4,15H2,(H,17,21)(H,18,22);1H. The van der Waals surface area contributed by atoms with Crippen LogP contribution in [0.2, 0.25) is 0 Å². The van der Waals surface area contributed by atoms with Crippen molar-refractivity contribution in [1.29, 1.82) is 0 Å². The molecule has 1 aromatic heterocycles. The first-order valence-electron chi connectivity index (χ1n) is 6.70. The highest BCUT2D eigenvalue weighted by Gasteiger charge is 2.19. The Bertz CT molecular complexity index is 1010. The van der Waals surface area contributed by atoms with Gasteiger partial charge in [0.25, 0.3) is 5.69 Å². The zero-order chi connectivity index (χ0) is 17.4. The highest BCUT2D eigenvalue weighted by molar-refractivity contribution is 9.12. The maximum Gasteiger partial charge on any atom is 0.314 e. The van der Waals surface area contributed by atoms with Crippen molar-refractivity contribution in [3.63, 3.8) is 0 Å². The third-order valence-electron chi connectivity index (χ3n) is 3.44. The van der Waals surface area contributed by atoms with Gasteiger partial charge >= 0.3 is 11.1 Å². The highest BCUT2D eigenvalue weighted by atomic mass is 79.9. The predicted molar refractivity (Wildman–Crippen MR) is 101 cm³/mol. The van der Waals surface area contributed by atoms with Crippen LogP contribution in [0.15, 0.2) is 37.4 Å². The topological polar surface area (TPSA) is 150 Å².